The molecule has 6 nitrogen and oxygen atoms in total. The Morgan fingerprint density at radius 3 is 2.57 bits per heavy atom. The molecule has 1 N–H and O–H groups in total. The van der Waals surface area contributed by atoms with Crippen LogP contribution < -0.4 is 15.7 Å². The molecule has 0 spiro atoms. The van der Waals surface area contributed by atoms with Gasteiger partial charge in [-0.2, -0.15) is 0 Å². The van der Waals surface area contributed by atoms with E-state index in [2.05, 4.69) is 21.4 Å². The van der Waals surface area contributed by atoms with Gasteiger partial charge in [0.1, 0.15) is 5.75 Å². The third-order valence-electron chi connectivity index (χ3n) is 4.34. The van der Waals surface area contributed by atoms with Gasteiger partial charge < -0.3 is 9.30 Å². The van der Waals surface area contributed by atoms with Crippen molar-refractivity contribution in [2.75, 3.05) is 6.54 Å². The number of ether oxygens (including phenoxy) is 1. The van der Waals surface area contributed by atoms with Crippen LogP contribution in [-0.4, -0.2) is 34.2 Å². The lowest BCUT2D eigenvalue weighted by Gasteiger charge is -2.34. The van der Waals surface area contributed by atoms with E-state index in [-0.39, 0.29) is 36.0 Å². The molecule has 1 aliphatic heterocycles. The van der Waals surface area contributed by atoms with E-state index in [1.165, 1.54) is 10.6 Å². The van der Waals surface area contributed by atoms with Crippen molar-refractivity contribution >= 4 is 34.2 Å². The molecular weight excluding hydrogens is 386 g/mol. The summed E-state index contributed by atoms with van der Waals surface area (Å²) in [4.78, 5) is 23.5. The molecular formula is C15H21BrClN3O3. The molecule has 8 heteroatoms. The first kappa shape index (κ1) is 18.3. The highest BCUT2D eigenvalue weighted by molar-refractivity contribution is 9.10. The molecule has 1 aromatic heterocycles. The van der Waals surface area contributed by atoms with Crippen LogP contribution in [0.15, 0.2) is 21.5 Å². The number of rotatable bonds is 3. The largest absolute Gasteiger partial charge is 0.489 e. The molecule has 0 atom stereocenters. The minimum atomic E-state index is -0.0845. The van der Waals surface area contributed by atoms with Crippen molar-refractivity contribution in [3.63, 3.8) is 0 Å². The van der Waals surface area contributed by atoms with Gasteiger partial charge in [-0.3, -0.25) is 14.6 Å². The predicted octanol–water partition coefficient (Wildman–Crippen LogP) is 2.00. The number of halogens is 2. The van der Waals surface area contributed by atoms with E-state index >= 15 is 0 Å². The molecule has 2 fully saturated rings. The summed E-state index contributed by atoms with van der Waals surface area (Å²) in [7, 11) is 1.71. The van der Waals surface area contributed by atoms with E-state index in [4.69, 9.17) is 4.74 Å². The second-order valence-corrected chi connectivity index (χ2v) is 6.76. The maximum atomic E-state index is 11.7. The Morgan fingerprint density at radius 2 is 1.96 bits per heavy atom. The smallest absolute Gasteiger partial charge is 0.254 e. The Hall–Kier alpha value is -1.05. The number of amides is 1. The number of carbonyl (C=O) groups is 1. The van der Waals surface area contributed by atoms with Crippen LogP contribution in [0.5, 0.6) is 5.75 Å². The van der Waals surface area contributed by atoms with Gasteiger partial charge in [-0.25, -0.2) is 5.43 Å². The molecule has 2 aliphatic rings. The standard InChI is InChI=1S/C15H20BrN3O3.ClH/c1-18-9-12(16)13(8-15(18)21)22-11-4-2-10(3-5-11)19-14(20)6-7-17-19;/h8-11,17H,2-7H2,1H3;1H/t10-,11-;. The molecule has 0 radical (unpaired) electrons. The Morgan fingerprint density at radius 1 is 1.26 bits per heavy atom. The topological polar surface area (TPSA) is 63.6 Å². The van der Waals surface area contributed by atoms with E-state index in [0.717, 1.165) is 36.7 Å². The molecule has 1 aliphatic carbocycles. The van der Waals surface area contributed by atoms with Gasteiger partial charge in [0.2, 0.25) is 5.91 Å². The Balaban J connectivity index is 0.00000192. The lowest BCUT2D eigenvalue weighted by atomic mass is 9.92. The molecule has 2 heterocycles. The molecule has 3 rings (SSSR count). The number of aromatic nitrogens is 1. The average Bonchev–Trinajstić information content (AvgIpc) is 2.92. The minimum Gasteiger partial charge on any atom is -0.489 e. The summed E-state index contributed by atoms with van der Waals surface area (Å²) in [5.74, 6) is 0.792. The Bertz CT molecular complexity index is 629. The summed E-state index contributed by atoms with van der Waals surface area (Å²) in [5.41, 5.74) is 3.07. The zero-order valence-corrected chi connectivity index (χ0v) is 15.4. The molecule has 1 saturated heterocycles. The monoisotopic (exact) mass is 405 g/mol. The average molecular weight is 407 g/mol. The first-order valence-electron chi connectivity index (χ1n) is 7.63. The molecule has 0 unspecified atom stereocenters. The van der Waals surface area contributed by atoms with Crippen LogP contribution in [0.25, 0.3) is 0 Å². The van der Waals surface area contributed by atoms with E-state index in [1.54, 1.807) is 18.3 Å². The van der Waals surface area contributed by atoms with Crippen LogP contribution >= 0.6 is 28.3 Å². The Kier molecular flexibility index (Phi) is 6.11. The molecule has 23 heavy (non-hydrogen) atoms. The third-order valence-corrected chi connectivity index (χ3v) is 4.93. The summed E-state index contributed by atoms with van der Waals surface area (Å²) in [5, 5.41) is 1.80. The molecule has 1 amide bonds. The van der Waals surface area contributed by atoms with Gasteiger partial charge in [0.25, 0.3) is 5.56 Å². The van der Waals surface area contributed by atoms with Crippen molar-refractivity contribution in [2.24, 2.45) is 7.05 Å². The van der Waals surface area contributed by atoms with E-state index in [9.17, 15) is 9.59 Å². The maximum Gasteiger partial charge on any atom is 0.254 e. The van der Waals surface area contributed by atoms with Crippen LogP contribution in [0.1, 0.15) is 32.1 Å². The minimum absolute atomic E-state index is 0. The highest BCUT2D eigenvalue weighted by Gasteiger charge is 2.32. The van der Waals surface area contributed by atoms with Crippen molar-refractivity contribution in [2.45, 2.75) is 44.2 Å². The van der Waals surface area contributed by atoms with Gasteiger partial charge in [0.15, 0.2) is 0 Å². The van der Waals surface area contributed by atoms with E-state index in [0.29, 0.717) is 12.2 Å². The summed E-state index contributed by atoms with van der Waals surface area (Å²) in [6.45, 7) is 0.746. The number of nitrogens with one attached hydrogen (secondary N) is 1. The molecule has 0 aromatic carbocycles. The number of nitrogens with zero attached hydrogens (tertiary/aromatic N) is 2. The van der Waals surface area contributed by atoms with E-state index in [1.807, 2.05) is 0 Å². The zero-order valence-electron chi connectivity index (χ0n) is 13.0. The second kappa shape index (κ2) is 7.68. The van der Waals surface area contributed by atoms with Gasteiger partial charge in [0, 0.05) is 38.3 Å². The maximum absolute atomic E-state index is 11.7. The fourth-order valence-corrected chi connectivity index (χ4v) is 3.61. The van der Waals surface area contributed by atoms with Crippen molar-refractivity contribution < 1.29 is 9.53 Å². The third kappa shape index (κ3) is 4.08. The van der Waals surface area contributed by atoms with Crippen LogP contribution in [-0.2, 0) is 11.8 Å². The predicted molar refractivity (Wildman–Crippen MR) is 92.8 cm³/mol. The molecule has 128 valence electrons. The van der Waals surface area contributed by atoms with Crippen LogP contribution in [0.2, 0.25) is 0 Å². The lowest BCUT2D eigenvalue weighted by Crippen LogP contribution is -2.46. The first-order valence-corrected chi connectivity index (χ1v) is 8.42. The van der Waals surface area contributed by atoms with Crippen LogP contribution in [0, 0.1) is 0 Å². The van der Waals surface area contributed by atoms with Crippen molar-refractivity contribution in [3.05, 3.63) is 27.1 Å². The molecule has 1 aromatic rings. The summed E-state index contributed by atoms with van der Waals surface area (Å²) < 4.78 is 8.27. The highest BCUT2D eigenvalue weighted by Crippen LogP contribution is 2.30. The first-order chi connectivity index (χ1) is 10.5. The number of carbonyl (C=O) groups excluding carboxylic acids is 1. The SMILES string of the molecule is Cl.Cn1cc(Br)c(O[C@H]2CC[C@H](N3NCCC3=O)CC2)cc1=O. The van der Waals surface area contributed by atoms with Gasteiger partial charge in [-0.1, -0.05) is 0 Å². The van der Waals surface area contributed by atoms with E-state index < -0.39 is 0 Å². The lowest BCUT2D eigenvalue weighted by molar-refractivity contribution is -0.133. The number of hydrogen-bond acceptors (Lipinski definition) is 4. The van der Waals surface area contributed by atoms with Gasteiger partial charge >= 0.3 is 0 Å². The number of hydrogen-bond donors (Lipinski definition) is 1. The highest BCUT2D eigenvalue weighted by atomic mass is 79.9. The fraction of sp³-hybridized carbons (Fsp3) is 0.600. The number of pyridine rings is 1. The quantitative estimate of drug-likeness (QED) is 0.834. The van der Waals surface area contributed by atoms with Crippen molar-refractivity contribution in [1.82, 2.24) is 15.0 Å². The molecule has 1 saturated carbocycles. The normalized spacial score (nSPS) is 24.4. The Labute approximate surface area is 149 Å². The molecule has 0 bridgehead atoms. The summed E-state index contributed by atoms with van der Waals surface area (Å²) in [6.07, 6.45) is 6.03. The van der Waals surface area contributed by atoms with Gasteiger partial charge in [-0.05, 0) is 41.6 Å². The van der Waals surface area contributed by atoms with Gasteiger partial charge in [-0.15, -0.1) is 12.4 Å². The summed E-state index contributed by atoms with van der Waals surface area (Å²) >= 11 is 3.43. The van der Waals surface area contributed by atoms with Crippen LogP contribution in [0.3, 0.4) is 0 Å². The fourth-order valence-electron chi connectivity index (χ4n) is 3.10. The van der Waals surface area contributed by atoms with Crippen molar-refractivity contribution in [1.29, 1.82) is 0 Å². The number of hydrazine groups is 1. The number of aryl methyl sites for hydroxylation is 1. The van der Waals surface area contributed by atoms with Gasteiger partial charge in [0.05, 0.1) is 10.6 Å². The zero-order chi connectivity index (χ0) is 15.7. The summed E-state index contributed by atoms with van der Waals surface area (Å²) in [6, 6.07) is 1.78. The van der Waals surface area contributed by atoms with Crippen molar-refractivity contribution in [3.8, 4) is 5.75 Å². The second-order valence-electron chi connectivity index (χ2n) is 5.91. The van der Waals surface area contributed by atoms with Crippen LogP contribution in [0.4, 0.5) is 0 Å².